The van der Waals surface area contributed by atoms with E-state index in [1.54, 1.807) is 0 Å². The summed E-state index contributed by atoms with van der Waals surface area (Å²) in [6.07, 6.45) is 3.60. The first-order chi connectivity index (χ1) is 5.46. The summed E-state index contributed by atoms with van der Waals surface area (Å²) in [5.41, 5.74) is 0.460. The van der Waals surface area contributed by atoms with Gasteiger partial charge < -0.3 is 4.79 Å². The van der Waals surface area contributed by atoms with Crippen LogP contribution in [0.2, 0.25) is 0 Å². The summed E-state index contributed by atoms with van der Waals surface area (Å²) in [6.45, 7) is 8.94. The lowest BCUT2D eigenvalue weighted by Crippen LogP contribution is -2.15. The first-order valence-corrected chi connectivity index (χ1v) is 4.91. The second-order valence-electron chi connectivity index (χ2n) is 5.21. The fraction of sp³-hybridized carbons (Fsp3) is 0.909. The Labute approximate surface area is 75.5 Å². The zero-order chi connectivity index (χ0) is 9.35. The van der Waals surface area contributed by atoms with Crippen molar-refractivity contribution in [3.05, 3.63) is 0 Å². The predicted molar refractivity (Wildman–Crippen MR) is 50.9 cm³/mol. The van der Waals surface area contributed by atoms with Crippen molar-refractivity contribution in [1.29, 1.82) is 0 Å². The zero-order valence-electron chi connectivity index (χ0n) is 8.63. The van der Waals surface area contributed by atoms with Gasteiger partial charge in [0.1, 0.15) is 6.29 Å². The van der Waals surface area contributed by atoms with Crippen LogP contribution in [0.4, 0.5) is 0 Å². The molecule has 0 amide bonds. The molecule has 3 atom stereocenters. The van der Waals surface area contributed by atoms with Crippen molar-refractivity contribution in [3.63, 3.8) is 0 Å². The van der Waals surface area contributed by atoms with Crippen molar-refractivity contribution >= 4 is 6.29 Å². The summed E-state index contributed by atoms with van der Waals surface area (Å²) >= 11 is 0. The van der Waals surface area contributed by atoms with Gasteiger partial charge in [0.05, 0.1) is 0 Å². The number of hydrogen-bond donors (Lipinski definition) is 0. The SMILES string of the molecule is CC(C=O)C1CC(C)(C)CC1C. The van der Waals surface area contributed by atoms with E-state index < -0.39 is 0 Å². The van der Waals surface area contributed by atoms with Gasteiger partial charge in [-0.3, -0.25) is 0 Å². The molecule has 3 unspecified atom stereocenters. The van der Waals surface area contributed by atoms with Crippen molar-refractivity contribution in [2.75, 3.05) is 0 Å². The summed E-state index contributed by atoms with van der Waals surface area (Å²) in [4.78, 5) is 10.6. The number of rotatable bonds is 2. The van der Waals surface area contributed by atoms with Crippen LogP contribution in [-0.4, -0.2) is 6.29 Å². The van der Waals surface area contributed by atoms with Crippen LogP contribution in [0.5, 0.6) is 0 Å². The second-order valence-corrected chi connectivity index (χ2v) is 5.21. The van der Waals surface area contributed by atoms with Crippen LogP contribution >= 0.6 is 0 Å². The Morgan fingerprint density at radius 2 is 2.00 bits per heavy atom. The first kappa shape index (κ1) is 9.76. The third-order valence-electron chi connectivity index (χ3n) is 3.28. The second kappa shape index (κ2) is 3.20. The standard InChI is InChI=1S/C11H20O/c1-8-5-11(3,4)6-10(8)9(2)7-12/h7-10H,5-6H2,1-4H3. The maximum atomic E-state index is 10.6. The Balaban J connectivity index is 2.63. The molecule has 1 heteroatoms. The van der Waals surface area contributed by atoms with E-state index in [0.717, 1.165) is 12.2 Å². The molecule has 0 radical (unpaired) electrons. The summed E-state index contributed by atoms with van der Waals surface area (Å²) in [6, 6.07) is 0. The molecule has 0 aromatic rings. The summed E-state index contributed by atoms with van der Waals surface area (Å²) in [5.74, 6) is 1.60. The van der Waals surface area contributed by atoms with E-state index in [4.69, 9.17) is 0 Å². The highest BCUT2D eigenvalue weighted by atomic mass is 16.1. The Hall–Kier alpha value is -0.330. The van der Waals surface area contributed by atoms with Crippen molar-refractivity contribution in [2.24, 2.45) is 23.2 Å². The molecule has 70 valence electrons. The van der Waals surface area contributed by atoms with Gasteiger partial charge in [-0.05, 0) is 30.1 Å². The van der Waals surface area contributed by atoms with Crippen molar-refractivity contribution in [2.45, 2.75) is 40.5 Å². The van der Waals surface area contributed by atoms with Gasteiger partial charge >= 0.3 is 0 Å². The molecular formula is C11H20O. The Morgan fingerprint density at radius 1 is 1.42 bits per heavy atom. The van der Waals surface area contributed by atoms with E-state index in [2.05, 4.69) is 27.7 Å². The largest absolute Gasteiger partial charge is 0.303 e. The molecule has 0 saturated heterocycles. The van der Waals surface area contributed by atoms with E-state index in [-0.39, 0.29) is 5.92 Å². The normalized spacial score (nSPS) is 36.3. The molecule has 0 aromatic heterocycles. The minimum atomic E-state index is 0.252. The Kier molecular flexibility index (Phi) is 2.60. The Bertz CT molecular complexity index is 172. The molecule has 1 saturated carbocycles. The van der Waals surface area contributed by atoms with Crippen LogP contribution in [0.1, 0.15) is 40.5 Å². The van der Waals surface area contributed by atoms with Gasteiger partial charge in [0.15, 0.2) is 0 Å². The topological polar surface area (TPSA) is 17.1 Å². The molecule has 12 heavy (non-hydrogen) atoms. The first-order valence-electron chi connectivity index (χ1n) is 4.91. The average molecular weight is 168 g/mol. The lowest BCUT2D eigenvalue weighted by molar-refractivity contribution is -0.112. The molecule has 0 aromatic carbocycles. The molecule has 1 rings (SSSR count). The predicted octanol–water partition coefficient (Wildman–Crippen LogP) is 2.89. The quantitative estimate of drug-likeness (QED) is 0.579. The van der Waals surface area contributed by atoms with Gasteiger partial charge in [0, 0.05) is 5.92 Å². The van der Waals surface area contributed by atoms with Gasteiger partial charge in [-0.25, -0.2) is 0 Å². The maximum absolute atomic E-state index is 10.6. The average Bonchev–Trinajstić information content (AvgIpc) is 2.23. The Morgan fingerprint density at radius 3 is 2.33 bits per heavy atom. The third kappa shape index (κ3) is 1.88. The van der Waals surface area contributed by atoms with Crippen LogP contribution in [0.25, 0.3) is 0 Å². The molecule has 0 spiro atoms. The molecule has 0 aliphatic heterocycles. The molecule has 0 N–H and O–H groups in total. The van der Waals surface area contributed by atoms with Crippen LogP contribution in [0, 0.1) is 23.2 Å². The molecule has 0 heterocycles. The summed E-state index contributed by atoms with van der Waals surface area (Å²) in [7, 11) is 0. The van der Waals surface area contributed by atoms with E-state index in [1.807, 2.05) is 0 Å². The van der Waals surface area contributed by atoms with E-state index in [1.165, 1.54) is 12.8 Å². The highest BCUT2D eigenvalue weighted by molar-refractivity contribution is 5.53. The number of aldehydes is 1. The minimum Gasteiger partial charge on any atom is -0.303 e. The zero-order valence-corrected chi connectivity index (χ0v) is 8.63. The summed E-state index contributed by atoms with van der Waals surface area (Å²) < 4.78 is 0. The van der Waals surface area contributed by atoms with Crippen LogP contribution in [0.15, 0.2) is 0 Å². The fourth-order valence-corrected chi connectivity index (χ4v) is 2.75. The van der Waals surface area contributed by atoms with Gasteiger partial charge in [0.2, 0.25) is 0 Å². The monoisotopic (exact) mass is 168 g/mol. The van der Waals surface area contributed by atoms with E-state index in [0.29, 0.717) is 11.3 Å². The number of carbonyl (C=O) groups is 1. The van der Waals surface area contributed by atoms with Crippen molar-refractivity contribution in [3.8, 4) is 0 Å². The highest BCUT2D eigenvalue weighted by Gasteiger charge is 2.38. The van der Waals surface area contributed by atoms with Gasteiger partial charge in [-0.15, -0.1) is 0 Å². The molecular weight excluding hydrogens is 148 g/mol. The lowest BCUT2D eigenvalue weighted by atomic mass is 9.85. The van der Waals surface area contributed by atoms with Gasteiger partial charge in [-0.2, -0.15) is 0 Å². The van der Waals surface area contributed by atoms with Crippen LogP contribution in [-0.2, 0) is 4.79 Å². The van der Waals surface area contributed by atoms with E-state index in [9.17, 15) is 4.79 Å². The summed E-state index contributed by atoms with van der Waals surface area (Å²) in [5, 5.41) is 0. The molecule has 1 aliphatic rings. The number of carbonyl (C=O) groups excluding carboxylic acids is 1. The van der Waals surface area contributed by atoms with Crippen LogP contribution in [0.3, 0.4) is 0 Å². The molecule has 0 bridgehead atoms. The molecule has 1 aliphatic carbocycles. The maximum Gasteiger partial charge on any atom is 0.123 e. The smallest absolute Gasteiger partial charge is 0.123 e. The molecule has 1 nitrogen and oxygen atoms in total. The number of hydrogen-bond acceptors (Lipinski definition) is 1. The van der Waals surface area contributed by atoms with Gasteiger partial charge in [-0.1, -0.05) is 27.7 Å². The highest BCUT2D eigenvalue weighted by Crippen LogP contribution is 2.47. The lowest BCUT2D eigenvalue weighted by Gasteiger charge is -2.19. The van der Waals surface area contributed by atoms with Crippen molar-refractivity contribution < 1.29 is 4.79 Å². The fourth-order valence-electron chi connectivity index (χ4n) is 2.75. The van der Waals surface area contributed by atoms with Gasteiger partial charge in [0.25, 0.3) is 0 Å². The minimum absolute atomic E-state index is 0.252. The van der Waals surface area contributed by atoms with E-state index >= 15 is 0 Å². The van der Waals surface area contributed by atoms with Crippen LogP contribution < -0.4 is 0 Å². The van der Waals surface area contributed by atoms with Crippen molar-refractivity contribution in [1.82, 2.24) is 0 Å². The molecule has 1 fully saturated rings. The third-order valence-corrected chi connectivity index (χ3v) is 3.28.